The van der Waals surface area contributed by atoms with Crippen molar-refractivity contribution in [1.29, 1.82) is 5.26 Å². The van der Waals surface area contributed by atoms with Gasteiger partial charge in [0.1, 0.15) is 12.7 Å². The van der Waals surface area contributed by atoms with Crippen LogP contribution in [-0.4, -0.2) is 11.6 Å². The van der Waals surface area contributed by atoms with E-state index in [9.17, 15) is 5.26 Å². The monoisotopic (exact) mass is 444 g/mol. The molecule has 0 unspecified atom stereocenters. The first-order valence-corrected chi connectivity index (χ1v) is 11.5. The molecule has 0 radical (unpaired) electrons. The standard InChI is InChI=1S/C25H20N2O2S2/c1-2-28-23-15-19(12-13-22(23)29-17-18-8-4-3-5-9-18)14-20(16-26)30-25-27-21-10-6-7-11-24(21)31-25/h3-15H,2,17H2,1H3/b20-14+. The van der Waals surface area contributed by atoms with Crippen molar-refractivity contribution in [3.8, 4) is 17.6 Å². The van der Waals surface area contributed by atoms with Crippen LogP contribution in [0.3, 0.4) is 0 Å². The Morgan fingerprint density at radius 3 is 2.61 bits per heavy atom. The van der Waals surface area contributed by atoms with E-state index in [1.54, 1.807) is 11.3 Å². The normalized spacial score (nSPS) is 11.3. The fourth-order valence-corrected chi connectivity index (χ4v) is 4.94. The molecule has 3 aromatic carbocycles. The Hall–Kier alpha value is -3.27. The van der Waals surface area contributed by atoms with Crippen molar-refractivity contribution in [2.24, 2.45) is 0 Å². The van der Waals surface area contributed by atoms with E-state index in [4.69, 9.17) is 9.47 Å². The lowest BCUT2D eigenvalue weighted by atomic mass is 10.2. The SMILES string of the molecule is CCOc1cc(/C=C(\C#N)Sc2nc3ccccc3s2)ccc1OCc1ccccc1. The number of nitriles is 1. The minimum Gasteiger partial charge on any atom is -0.490 e. The molecular weight excluding hydrogens is 424 g/mol. The topological polar surface area (TPSA) is 55.1 Å². The molecule has 4 rings (SSSR count). The summed E-state index contributed by atoms with van der Waals surface area (Å²) in [4.78, 5) is 5.17. The third-order valence-electron chi connectivity index (χ3n) is 4.38. The first-order chi connectivity index (χ1) is 15.2. The van der Waals surface area contributed by atoms with Crippen molar-refractivity contribution in [3.63, 3.8) is 0 Å². The van der Waals surface area contributed by atoms with Crippen LogP contribution >= 0.6 is 23.1 Å². The Balaban J connectivity index is 1.53. The summed E-state index contributed by atoms with van der Waals surface area (Å²) in [5, 5.41) is 9.64. The molecular formula is C25H20N2O2S2. The first-order valence-electron chi connectivity index (χ1n) is 9.84. The highest BCUT2D eigenvalue weighted by Crippen LogP contribution is 2.35. The van der Waals surface area contributed by atoms with Gasteiger partial charge in [-0.25, -0.2) is 4.98 Å². The van der Waals surface area contributed by atoms with E-state index in [1.165, 1.54) is 11.8 Å². The maximum Gasteiger partial charge on any atom is 0.161 e. The summed E-state index contributed by atoms with van der Waals surface area (Å²) in [6.45, 7) is 2.93. The van der Waals surface area contributed by atoms with Gasteiger partial charge < -0.3 is 9.47 Å². The predicted molar refractivity (Wildman–Crippen MR) is 127 cm³/mol. The number of para-hydroxylation sites is 1. The molecule has 4 aromatic rings. The number of allylic oxidation sites excluding steroid dienone is 1. The lowest BCUT2D eigenvalue weighted by Gasteiger charge is -2.13. The van der Waals surface area contributed by atoms with Gasteiger partial charge >= 0.3 is 0 Å². The van der Waals surface area contributed by atoms with Gasteiger partial charge in [0, 0.05) is 0 Å². The maximum absolute atomic E-state index is 9.64. The molecule has 1 heterocycles. The highest BCUT2D eigenvalue weighted by atomic mass is 32.2. The van der Waals surface area contributed by atoms with Crippen molar-refractivity contribution < 1.29 is 9.47 Å². The summed E-state index contributed by atoms with van der Waals surface area (Å²) in [5.74, 6) is 1.34. The maximum atomic E-state index is 9.64. The number of fused-ring (bicyclic) bond motifs is 1. The van der Waals surface area contributed by atoms with Crippen LogP contribution < -0.4 is 9.47 Å². The summed E-state index contributed by atoms with van der Waals surface area (Å²) in [5.41, 5.74) is 2.92. The predicted octanol–water partition coefficient (Wildman–Crippen LogP) is 6.93. The average molecular weight is 445 g/mol. The molecule has 0 aliphatic carbocycles. The minimum absolute atomic E-state index is 0.465. The number of benzene rings is 3. The molecule has 154 valence electrons. The third-order valence-corrected chi connectivity index (χ3v) is 6.41. The molecule has 0 fully saturated rings. The van der Waals surface area contributed by atoms with Gasteiger partial charge in [0.05, 0.1) is 21.7 Å². The fraction of sp³-hybridized carbons (Fsp3) is 0.120. The van der Waals surface area contributed by atoms with Crippen LogP contribution in [0.2, 0.25) is 0 Å². The zero-order chi connectivity index (χ0) is 21.5. The Kier molecular flexibility index (Phi) is 6.88. The Morgan fingerprint density at radius 1 is 1.03 bits per heavy atom. The smallest absolute Gasteiger partial charge is 0.161 e. The largest absolute Gasteiger partial charge is 0.490 e. The molecule has 1 aromatic heterocycles. The van der Waals surface area contributed by atoms with Gasteiger partial charge in [-0.05, 0) is 60.2 Å². The summed E-state index contributed by atoms with van der Waals surface area (Å²) < 4.78 is 13.7. The number of aromatic nitrogens is 1. The molecule has 0 atom stereocenters. The van der Waals surface area contributed by atoms with Crippen molar-refractivity contribution in [2.75, 3.05) is 6.61 Å². The minimum atomic E-state index is 0.465. The molecule has 0 aliphatic heterocycles. The van der Waals surface area contributed by atoms with Crippen LogP contribution in [0.4, 0.5) is 0 Å². The van der Waals surface area contributed by atoms with Crippen LogP contribution in [0.25, 0.3) is 16.3 Å². The molecule has 0 saturated carbocycles. The second kappa shape index (κ2) is 10.2. The van der Waals surface area contributed by atoms with Crippen molar-refractivity contribution in [2.45, 2.75) is 17.9 Å². The molecule has 31 heavy (non-hydrogen) atoms. The first kappa shape index (κ1) is 21.0. The highest BCUT2D eigenvalue weighted by Gasteiger charge is 2.10. The van der Waals surface area contributed by atoms with E-state index in [1.807, 2.05) is 85.8 Å². The highest BCUT2D eigenvalue weighted by molar-refractivity contribution is 8.05. The number of thiazole rings is 1. The number of ether oxygens (including phenoxy) is 2. The van der Waals surface area contributed by atoms with E-state index in [0.717, 1.165) is 25.7 Å². The van der Waals surface area contributed by atoms with Crippen molar-refractivity contribution >= 4 is 39.4 Å². The average Bonchev–Trinajstić information content (AvgIpc) is 3.21. The van der Waals surface area contributed by atoms with Gasteiger partial charge in [-0.1, -0.05) is 48.5 Å². The van der Waals surface area contributed by atoms with Crippen molar-refractivity contribution in [1.82, 2.24) is 4.98 Å². The van der Waals surface area contributed by atoms with Crippen LogP contribution in [0.15, 0.2) is 82.0 Å². The summed E-state index contributed by atoms with van der Waals surface area (Å²) in [6, 6.07) is 26.0. The Labute approximate surface area is 189 Å². The molecule has 0 amide bonds. The van der Waals surface area contributed by atoms with Gasteiger partial charge in [-0.3, -0.25) is 0 Å². The van der Waals surface area contributed by atoms with E-state index in [0.29, 0.717) is 29.6 Å². The van der Waals surface area contributed by atoms with Crippen LogP contribution in [0, 0.1) is 11.3 Å². The number of rotatable bonds is 8. The lowest BCUT2D eigenvalue weighted by Crippen LogP contribution is -1.99. The van der Waals surface area contributed by atoms with Gasteiger partial charge in [-0.2, -0.15) is 5.26 Å². The molecule has 6 heteroatoms. The third kappa shape index (κ3) is 5.46. The van der Waals surface area contributed by atoms with Gasteiger partial charge in [-0.15, -0.1) is 11.3 Å². The zero-order valence-corrected chi connectivity index (χ0v) is 18.6. The summed E-state index contributed by atoms with van der Waals surface area (Å²) >= 11 is 2.96. The quantitative estimate of drug-likeness (QED) is 0.218. The summed E-state index contributed by atoms with van der Waals surface area (Å²) in [6.07, 6.45) is 1.85. The Bertz CT molecular complexity index is 1210. The number of hydrogen-bond donors (Lipinski definition) is 0. The molecule has 0 aliphatic rings. The fourth-order valence-electron chi connectivity index (χ4n) is 2.96. The molecule has 0 spiro atoms. The van der Waals surface area contributed by atoms with Gasteiger partial charge in [0.15, 0.2) is 15.8 Å². The second-order valence-corrected chi connectivity index (χ2v) is 8.90. The Morgan fingerprint density at radius 2 is 1.84 bits per heavy atom. The number of hydrogen-bond acceptors (Lipinski definition) is 6. The van der Waals surface area contributed by atoms with E-state index in [2.05, 4.69) is 11.1 Å². The number of thioether (sulfide) groups is 1. The van der Waals surface area contributed by atoms with E-state index >= 15 is 0 Å². The molecule has 4 nitrogen and oxygen atoms in total. The zero-order valence-electron chi connectivity index (χ0n) is 16.9. The van der Waals surface area contributed by atoms with E-state index < -0.39 is 0 Å². The van der Waals surface area contributed by atoms with Crippen molar-refractivity contribution in [3.05, 3.63) is 88.8 Å². The van der Waals surface area contributed by atoms with Gasteiger partial charge in [0.25, 0.3) is 0 Å². The second-order valence-electron chi connectivity index (χ2n) is 6.58. The summed E-state index contributed by atoms with van der Waals surface area (Å²) in [7, 11) is 0. The van der Waals surface area contributed by atoms with Crippen LogP contribution in [-0.2, 0) is 6.61 Å². The lowest BCUT2D eigenvalue weighted by molar-refractivity contribution is 0.269. The van der Waals surface area contributed by atoms with Crippen LogP contribution in [0.1, 0.15) is 18.1 Å². The molecule has 0 N–H and O–H groups in total. The number of nitrogens with zero attached hydrogens (tertiary/aromatic N) is 2. The van der Waals surface area contributed by atoms with Crippen LogP contribution in [0.5, 0.6) is 11.5 Å². The molecule has 0 saturated heterocycles. The molecule has 0 bridgehead atoms. The van der Waals surface area contributed by atoms with E-state index in [-0.39, 0.29) is 0 Å². The van der Waals surface area contributed by atoms with Gasteiger partial charge in [0.2, 0.25) is 0 Å².